The second kappa shape index (κ2) is 11.6. The fourth-order valence-electron chi connectivity index (χ4n) is 3.94. The standard InChI is InChI=1S/C24H25N15O5/c1-11-15(30-32-22-14(23(43)44-5)8-27-37(22)4)9-38(34-11)24-28-17(6-18(42)29-24)39-20(25)19(12(2)35-39)31-33-21-13(16(41)10-40)7-26-36(21)3/h6-9,40H,10,25H2,1-5H3,(H,28,29,42). The van der Waals surface area contributed by atoms with E-state index in [2.05, 4.69) is 50.8 Å². The summed E-state index contributed by atoms with van der Waals surface area (Å²) in [5.74, 6) is -1.23. The molecule has 0 radical (unpaired) electrons. The molecule has 0 bridgehead atoms. The smallest absolute Gasteiger partial charge is 0.343 e. The van der Waals surface area contributed by atoms with Crippen molar-refractivity contribution in [1.82, 2.24) is 49.1 Å². The molecule has 0 amide bonds. The quantitative estimate of drug-likeness (QED) is 0.124. The van der Waals surface area contributed by atoms with E-state index in [1.165, 1.54) is 50.5 Å². The molecule has 5 aromatic heterocycles. The van der Waals surface area contributed by atoms with E-state index >= 15 is 0 Å². The van der Waals surface area contributed by atoms with Gasteiger partial charge in [-0.15, -0.1) is 20.5 Å². The predicted octanol–water partition coefficient (Wildman–Crippen LogP) is 2.01. The molecule has 0 aromatic carbocycles. The lowest BCUT2D eigenvalue weighted by atomic mass is 10.2. The fourth-order valence-corrected chi connectivity index (χ4v) is 3.94. The van der Waals surface area contributed by atoms with Crippen LogP contribution in [0.4, 0.5) is 28.8 Å². The molecule has 20 nitrogen and oxygen atoms in total. The molecule has 0 saturated carbocycles. The van der Waals surface area contributed by atoms with Crippen LogP contribution in [0.3, 0.4) is 0 Å². The third-order valence-electron chi connectivity index (χ3n) is 6.21. The first-order chi connectivity index (χ1) is 21.0. The van der Waals surface area contributed by atoms with Crippen LogP contribution in [0, 0.1) is 13.8 Å². The summed E-state index contributed by atoms with van der Waals surface area (Å²) in [4.78, 5) is 32.5. The number of carbonyl (C=O) groups is 2. The van der Waals surface area contributed by atoms with Gasteiger partial charge in [-0.3, -0.25) is 4.79 Å². The number of anilines is 1. The highest BCUT2D eigenvalue weighted by Crippen LogP contribution is 2.32. The molecule has 5 heterocycles. The monoisotopic (exact) mass is 603 g/mol. The third kappa shape index (κ3) is 5.38. The van der Waals surface area contributed by atoms with Crippen LogP contribution in [0.5, 0.6) is 5.88 Å². The molecule has 5 aromatic rings. The SMILES string of the molecule is COC(=O)c1cnn(C)c1N=Nc1cn(-c2nc(O)cc(-n3nc(C)c(N=Nc4c(C(=O)CO)cnn4C)c3N)n2)nc1C. The second-order valence-corrected chi connectivity index (χ2v) is 9.14. The Morgan fingerprint density at radius 1 is 0.955 bits per heavy atom. The summed E-state index contributed by atoms with van der Waals surface area (Å²) in [6, 6.07) is 1.24. The highest BCUT2D eigenvalue weighted by Gasteiger charge is 2.20. The zero-order valence-corrected chi connectivity index (χ0v) is 24.0. The lowest BCUT2D eigenvalue weighted by Crippen LogP contribution is -2.09. The van der Waals surface area contributed by atoms with Crippen LogP contribution in [-0.2, 0) is 18.8 Å². The Hall–Kier alpha value is -6.18. The average Bonchev–Trinajstić information content (AvgIpc) is 3.75. The van der Waals surface area contributed by atoms with E-state index in [1.807, 2.05) is 0 Å². The lowest BCUT2D eigenvalue weighted by molar-refractivity contribution is 0.0601. The molecule has 44 heavy (non-hydrogen) atoms. The van der Waals surface area contributed by atoms with Gasteiger partial charge in [0.05, 0.1) is 42.7 Å². The lowest BCUT2D eigenvalue weighted by Gasteiger charge is -2.06. The minimum absolute atomic E-state index is 0.0243. The molecule has 0 aliphatic heterocycles. The van der Waals surface area contributed by atoms with Crippen LogP contribution in [0.1, 0.15) is 32.1 Å². The number of aromatic nitrogens is 10. The van der Waals surface area contributed by atoms with Crippen LogP contribution in [0.2, 0.25) is 0 Å². The molecule has 4 N–H and O–H groups in total. The molecule has 0 atom stereocenters. The van der Waals surface area contributed by atoms with Gasteiger partial charge in [0.1, 0.15) is 17.9 Å². The van der Waals surface area contributed by atoms with Gasteiger partial charge in [-0.1, -0.05) is 0 Å². The molecule has 226 valence electrons. The molecule has 5 rings (SSSR count). The number of nitrogens with two attached hydrogens (primary N) is 1. The average molecular weight is 604 g/mol. The number of hydrogen-bond donors (Lipinski definition) is 3. The maximum atomic E-state index is 12.0. The number of aliphatic hydroxyl groups excluding tert-OH is 1. The second-order valence-electron chi connectivity index (χ2n) is 9.14. The number of ether oxygens (including phenoxy) is 1. The first-order valence-corrected chi connectivity index (χ1v) is 12.6. The van der Waals surface area contributed by atoms with Gasteiger partial charge in [0.25, 0.3) is 5.95 Å². The van der Waals surface area contributed by atoms with Gasteiger partial charge in [-0.2, -0.15) is 35.0 Å². The molecule has 0 fully saturated rings. The molecule has 0 aliphatic carbocycles. The van der Waals surface area contributed by atoms with E-state index in [0.29, 0.717) is 17.1 Å². The molecule has 0 aliphatic rings. The van der Waals surface area contributed by atoms with E-state index in [4.69, 9.17) is 10.5 Å². The fraction of sp³-hybridized carbons (Fsp3) is 0.250. The highest BCUT2D eigenvalue weighted by molar-refractivity contribution is 6.00. The number of azo groups is 2. The van der Waals surface area contributed by atoms with Gasteiger partial charge in [0, 0.05) is 20.2 Å². The predicted molar refractivity (Wildman–Crippen MR) is 149 cm³/mol. The number of carbonyl (C=O) groups excluding carboxylic acids is 2. The van der Waals surface area contributed by atoms with Crippen LogP contribution in [0.25, 0.3) is 11.8 Å². The van der Waals surface area contributed by atoms with Gasteiger partial charge in [-0.25, -0.2) is 18.8 Å². The zero-order valence-electron chi connectivity index (χ0n) is 24.0. The van der Waals surface area contributed by atoms with Gasteiger partial charge in [0.15, 0.2) is 34.7 Å². The summed E-state index contributed by atoms with van der Waals surface area (Å²) >= 11 is 0. The number of methoxy groups -OCH3 is 1. The molecule has 0 spiro atoms. The number of Topliss-reactive ketones (excluding diaryl/α,β-unsaturated/α-hetero) is 1. The Balaban J connectivity index is 1.47. The summed E-state index contributed by atoms with van der Waals surface area (Å²) in [5, 5.41) is 53.0. The largest absolute Gasteiger partial charge is 0.493 e. The first-order valence-electron chi connectivity index (χ1n) is 12.6. The number of ketones is 1. The Morgan fingerprint density at radius 3 is 2.30 bits per heavy atom. The molecule has 20 heteroatoms. The van der Waals surface area contributed by atoms with Gasteiger partial charge in [0.2, 0.25) is 5.88 Å². The third-order valence-corrected chi connectivity index (χ3v) is 6.21. The maximum absolute atomic E-state index is 12.0. The van der Waals surface area contributed by atoms with Crippen molar-refractivity contribution in [2.24, 2.45) is 34.6 Å². The minimum atomic E-state index is -0.715. The Kier molecular flexibility index (Phi) is 7.73. The maximum Gasteiger partial charge on any atom is 0.343 e. The van der Waals surface area contributed by atoms with E-state index in [0.717, 1.165) is 0 Å². The molecule has 0 unspecified atom stereocenters. The van der Waals surface area contributed by atoms with Gasteiger partial charge >= 0.3 is 5.97 Å². The molecular weight excluding hydrogens is 578 g/mol. The van der Waals surface area contributed by atoms with Crippen molar-refractivity contribution in [3.05, 3.63) is 47.2 Å². The number of aryl methyl sites for hydroxylation is 4. The van der Waals surface area contributed by atoms with Crippen molar-refractivity contribution in [3.8, 4) is 17.6 Å². The van der Waals surface area contributed by atoms with E-state index in [1.54, 1.807) is 27.9 Å². The normalized spacial score (nSPS) is 11.7. The highest BCUT2D eigenvalue weighted by atomic mass is 16.5. The summed E-state index contributed by atoms with van der Waals surface area (Å²) in [6.07, 6.45) is 4.07. The number of hydrogen-bond acceptors (Lipinski definition) is 16. The number of esters is 1. The Bertz CT molecular complexity index is 1960. The van der Waals surface area contributed by atoms with Crippen LogP contribution in [-0.4, -0.2) is 84.8 Å². The van der Waals surface area contributed by atoms with Crippen LogP contribution >= 0.6 is 0 Å². The Labute approximate surface area is 247 Å². The minimum Gasteiger partial charge on any atom is -0.493 e. The van der Waals surface area contributed by atoms with Crippen LogP contribution < -0.4 is 5.73 Å². The molecular formula is C24H25N15O5. The van der Waals surface area contributed by atoms with E-state index < -0.39 is 24.2 Å². The van der Waals surface area contributed by atoms with Crippen molar-refractivity contribution < 1.29 is 24.5 Å². The first kappa shape index (κ1) is 29.3. The zero-order chi connectivity index (χ0) is 31.7. The number of aliphatic hydroxyl groups is 1. The summed E-state index contributed by atoms with van der Waals surface area (Å²) < 4.78 is 9.95. The van der Waals surface area contributed by atoms with E-state index in [-0.39, 0.29) is 46.0 Å². The molecule has 0 saturated heterocycles. The number of rotatable bonds is 9. The summed E-state index contributed by atoms with van der Waals surface area (Å²) in [7, 11) is 4.41. The van der Waals surface area contributed by atoms with Crippen molar-refractivity contribution in [3.63, 3.8) is 0 Å². The van der Waals surface area contributed by atoms with Crippen molar-refractivity contribution in [2.45, 2.75) is 13.8 Å². The van der Waals surface area contributed by atoms with Crippen molar-refractivity contribution in [1.29, 1.82) is 0 Å². The summed E-state index contributed by atoms with van der Waals surface area (Å²) in [5.41, 5.74) is 7.85. The topological polar surface area (TPSA) is 256 Å². The Morgan fingerprint density at radius 2 is 1.61 bits per heavy atom. The van der Waals surface area contributed by atoms with Crippen LogP contribution in [0.15, 0.2) is 45.1 Å². The van der Waals surface area contributed by atoms with Crippen molar-refractivity contribution >= 4 is 40.6 Å². The summed E-state index contributed by atoms with van der Waals surface area (Å²) in [6.45, 7) is 2.59. The van der Waals surface area contributed by atoms with E-state index in [9.17, 15) is 19.8 Å². The number of nitrogen functional groups attached to an aromatic ring is 1. The van der Waals surface area contributed by atoms with Crippen molar-refractivity contribution in [2.75, 3.05) is 19.5 Å². The number of nitrogens with zero attached hydrogens (tertiary/aromatic N) is 14. The number of aromatic hydroxyl groups is 1. The van der Waals surface area contributed by atoms with Gasteiger partial charge in [-0.05, 0) is 13.8 Å². The van der Waals surface area contributed by atoms with Gasteiger partial charge < -0.3 is 20.7 Å².